The fraction of sp³-hybridized carbons (Fsp3) is 0.364. The molecule has 0 aromatic carbocycles. The molecule has 17 heavy (non-hydrogen) atoms. The summed E-state index contributed by atoms with van der Waals surface area (Å²) in [6.07, 6.45) is 2.11. The number of amides is 1. The Bertz CT molecular complexity index is 549. The van der Waals surface area contributed by atoms with Crippen LogP contribution in [0.25, 0.3) is 11.1 Å². The van der Waals surface area contributed by atoms with E-state index in [1.165, 1.54) is 6.20 Å². The summed E-state index contributed by atoms with van der Waals surface area (Å²) >= 11 is 0. The molecule has 6 heteroatoms. The maximum atomic E-state index is 11.6. The molecule has 0 bridgehead atoms. The number of pyridine rings is 1. The number of carbonyl (C=O) groups is 1. The lowest BCUT2D eigenvalue weighted by Crippen LogP contribution is -2.34. The van der Waals surface area contributed by atoms with E-state index in [2.05, 4.69) is 15.5 Å². The Hall–Kier alpha value is -1.95. The summed E-state index contributed by atoms with van der Waals surface area (Å²) in [5, 5.41) is 7.28. The lowest BCUT2D eigenvalue weighted by Gasteiger charge is -2.09. The maximum Gasteiger partial charge on any atom is 0.258 e. The second kappa shape index (κ2) is 4.50. The van der Waals surface area contributed by atoms with Crippen LogP contribution in [0.5, 0.6) is 0 Å². The number of rotatable bonds is 3. The molecule has 2 aromatic heterocycles. The number of hydrogen-bond donors (Lipinski definition) is 2. The van der Waals surface area contributed by atoms with Crippen molar-refractivity contribution < 1.29 is 9.32 Å². The summed E-state index contributed by atoms with van der Waals surface area (Å²) < 4.78 is 4.98. The average molecular weight is 234 g/mol. The number of hydrogen-bond acceptors (Lipinski definition) is 5. The first kappa shape index (κ1) is 11.5. The number of nitrogens with zero attached hydrogens (tertiary/aromatic N) is 2. The van der Waals surface area contributed by atoms with Gasteiger partial charge in [0.05, 0.1) is 29.0 Å². The lowest BCUT2D eigenvalue weighted by atomic mass is 10.2. The Balaban J connectivity index is 2.24. The number of aryl methyl sites for hydroxylation is 1. The fourth-order valence-electron chi connectivity index (χ4n) is 1.43. The van der Waals surface area contributed by atoms with E-state index < -0.39 is 6.04 Å². The molecule has 2 heterocycles. The first-order valence-corrected chi connectivity index (χ1v) is 5.40. The van der Waals surface area contributed by atoms with Crippen molar-refractivity contribution in [3.63, 3.8) is 0 Å². The Morgan fingerprint density at radius 1 is 1.65 bits per heavy atom. The van der Waals surface area contributed by atoms with Gasteiger partial charge < -0.3 is 15.6 Å². The summed E-state index contributed by atoms with van der Waals surface area (Å²) in [5.41, 5.74) is 7.42. The van der Waals surface area contributed by atoms with Crippen LogP contribution in [0.4, 0.5) is 5.69 Å². The van der Waals surface area contributed by atoms with Crippen LogP contribution in [0, 0.1) is 6.92 Å². The summed E-state index contributed by atoms with van der Waals surface area (Å²) in [6.45, 7) is 3.67. The van der Waals surface area contributed by atoms with Gasteiger partial charge in [-0.15, -0.1) is 0 Å². The summed E-state index contributed by atoms with van der Waals surface area (Å²) in [7, 11) is 0. The molecular formula is C11H14N4O2. The maximum absolute atomic E-state index is 11.6. The molecule has 0 radical (unpaired) electrons. The average Bonchev–Trinajstić information content (AvgIpc) is 2.70. The third-order valence-corrected chi connectivity index (χ3v) is 2.55. The third kappa shape index (κ3) is 2.26. The smallest absolute Gasteiger partial charge is 0.258 e. The van der Waals surface area contributed by atoms with Crippen molar-refractivity contribution >= 4 is 22.7 Å². The van der Waals surface area contributed by atoms with Crippen LogP contribution < -0.4 is 11.1 Å². The molecule has 2 aromatic rings. The molecule has 90 valence electrons. The minimum absolute atomic E-state index is 0.220. The highest BCUT2D eigenvalue weighted by atomic mass is 16.5. The number of anilines is 1. The lowest BCUT2D eigenvalue weighted by molar-refractivity contribution is -0.117. The SMILES string of the molecule is CC[C@@H](N)C(=O)Nc1cnc2onc(C)c2c1. The van der Waals surface area contributed by atoms with Gasteiger partial charge in [0, 0.05) is 0 Å². The van der Waals surface area contributed by atoms with Gasteiger partial charge in [0.25, 0.3) is 5.71 Å². The second-order valence-corrected chi connectivity index (χ2v) is 3.85. The first-order chi connectivity index (χ1) is 8.11. The highest BCUT2D eigenvalue weighted by molar-refractivity contribution is 5.96. The zero-order valence-corrected chi connectivity index (χ0v) is 9.73. The van der Waals surface area contributed by atoms with E-state index in [9.17, 15) is 4.79 Å². The van der Waals surface area contributed by atoms with E-state index in [1.54, 1.807) is 6.07 Å². The van der Waals surface area contributed by atoms with Gasteiger partial charge in [-0.2, -0.15) is 0 Å². The van der Waals surface area contributed by atoms with Gasteiger partial charge in [-0.25, -0.2) is 4.98 Å². The molecule has 0 aliphatic carbocycles. The van der Waals surface area contributed by atoms with E-state index in [4.69, 9.17) is 10.3 Å². The van der Waals surface area contributed by atoms with Crippen LogP contribution in [0.1, 0.15) is 19.0 Å². The van der Waals surface area contributed by atoms with Gasteiger partial charge in [-0.3, -0.25) is 4.79 Å². The first-order valence-electron chi connectivity index (χ1n) is 5.40. The van der Waals surface area contributed by atoms with Crippen molar-refractivity contribution in [2.24, 2.45) is 5.73 Å². The molecule has 1 atom stereocenters. The zero-order chi connectivity index (χ0) is 12.4. The Labute approximate surface area is 98.2 Å². The molecular weight excluding hydrogens is 220 g/mol. The van der Waals surface area contributed by atoms with Crippen molar-refractivity contribution in [1.29, 1.82) is 0 Å². The minimum atomic E-state index is -0.505. The van der Waals surface area contributed by atoms with Crippen molar-refractivity contribution in [3.8, 4) is 0 Å². The van der Waals surface area contributed by atoms with E-state index in [1.807, 2.05) is 13.8 Å². The van der Waals surface area contributed by atoms with Crippen molar-refractivity contribution in [1.82, 2.24) is 10.1 Å². The van der Waals surface area contributed by atoms with Crippen LogP contribution in [-0.2, 0) is 4.79 Å². The van der Waals surface area contributed by atoms with E-state index in [0.29, 0.717) is 17.8 Å². The van der Waals surface area contributed by atoms with Crippen molar-refractivity contribution in [2.75, 3.05) is 5.32 Å². The highest BCUT2D eigenvalue weighted by Gasteiger charge is 2.12. The Morgan fingerprint density at radius 2 is 2.41 bits per heavy atom. The fourth-order valence-corrected chi connectivity index (χ4v) is 1.43. The number of fused-ring (bicyclic) bond motifs is 1. The predicted molar refractivity (Wildman–Crippen MR) is 63.4 cm³/mol. The van der Waals surface area contributed by atoms with Crippen molar-refractivity contribution in [2.45, 2.75) is 26.3 Å². The predicted octanol–water partition coefficient (Wildman–Crippen LogP) is 1.21. The van der Waals surface area contributed by atoms with Gasteiger partial charge in [0.1, 0.15) is 0 Å². The summed E-state index contributed by atoms with van der Waals surface area (Å²) in [6, 6.07) is 1.27. The van der Waals surface area contributed by atoms with Crippen LogP contribution in [0.15, 0.2) is 16.8 Å². The highest BCUT2D eigenvalue weighted by Crippen LogP contribution is 2.19. The van der Waals surface area contributed by atoms with Gasteiger partial charge in [-0.05, 0) is 19.4 Å². The molecule has 0 spiro atoms. The topological polar surface area (TPSA) is 94.0 Å². The molecule has 0 aliphatic rings. The molecule has 3 N–H and O–H groups in total. The van der Waals surface area contributed by atoms with Crippen LogP contribution >= 0.6 is 0 Å². The van der Waals surface area contributed by atoms with Gasteiger partial charge in [0.15, 0.2) is 0 Å². The number of nitrogens with one attached hydrogen (secondary N) is 1. The molecule has 1 amide bonds. The number of carbonyl (C=O) groups excluding carboxylic acids is 1. The van der Waals surface area contributed by atoms with Gasteiger partial charge in [-0.1, -0.05) is 12.1 Å². The molecule has 0 fully saturated rings. The summed E-state index contributed by atoms with van der Waals surface area (Å²) in [4.78, 5) is 15.7. The molecule has 0 unspecified atom stereocenters. The van der Waals surface area contributed by atoms with Crippen LogP contribution in [0.3, 0.4) is 0 Å². The van der Waals surface area contributed by atoms with Crippen molar-refractivity contribution in [3.05, 3.63) is 18.0 Å². The summed E-state index contributed by atoms with van der Waals surface area (Å²) in [5.74, 6) is -0.220. The number of nitrogens with two attached hydrogens (primary N) is 1. The van der Waals surface area contributed by atoms with E-state index in [0.717, 1.165) is 11.1 Å². The Kier molecular flexibility index (Phi) is 3.06. The monoisotopic (exact) mass is 234 g/mol. The standard InChI is InChI=1S/C11H14N4O2/c1-3-9(12)10(16)14-7-4-8-6(2)15-17-11(8)13-5-7/h4-5,9H,3,12H2,1-2H3,(H,14,16)/t9-/m1/s1. The van der Waals surface area contributed by atoms with E-state index in [-0.39, 0.29) is 5.91 Å². The molecule has 6 nitrogen and oxygen atoms in total. The van der Waals surface area contributed by atoms with Gasteiger partial charge in [0.2, 0.25) is 5.91 Å². The molecule has 0 saturated heterocycles. The zero-order valence-electron chi connectivity index (χ0n) is 9.73. The molecule has 2 rings (SSSR count). The molecule has 0 saturated carbocycles. The number of aromatic nitrogens is 2. The quantitative estimate of drug-likeness (QED) is 0.832. The van der Waals surface area contributed by atoms with Crippen LogP contribution in [0.2, 0.25) is 0 Å². The third-order valence-electron chi connectivity index (χ3n) is 2.55. The van der Waals surface area contributed by atoms with Gasteiger partial charge >= 0.3 is 0 Å². The normalized spacial score (nSPS) is 12.6. The second-order valence-electron chi connectivity index (χ2n) is 3.85. The Morgan fingerprint density at radius 3 is 3.12 bits per heavy atom. The van der Waals surface area contributed by atoms with E-state index >= 15 is 0 Å². The minimum Gasteiger partial charge on any atom is -0.336 e. The molecule has 0 aliphatic heterocycles. The van der Waals surface area contributed by atoms with Crippen LogP contribution in [-0.4, -0.2) is 22.1 Å². The largest absolute Gasteiger partial charge is 0.336 e.